The first kappa shape index (κ1) is 58.0. The van der Waals surface area contributed by atoms with Crippen molar-refractivity contribution in [2.24, 2.45) is 0 Å². The number of para-hydroxylation sites is 2. The van der Waals surface area contributed by atoms with Gasteiger partial charge in [-0.1, -0.05) is 178 Å². The van der Waals surface area contributed by atoms with Crippen LogP contribution in [-0.4, -0.2) is 9.13 Å². The first-order valence-corrected chi connectivity index (χ1v) is 34.6. The number of nitrogens with zero attached hydrogens (tertiary/aromatic N) is 4. The van der Waals surface area contributed by atoms with Crippen molar-refractivity contribution in [2.75, 3.05) is 9.80 Å². The fraction of sp³-hybridized carbons (Fsp3) is 0.273. The molecular formula is C88H86N4. The molecular weight excluding hydrogens is 1110 g/mol. The molecule has 4 heteroatoms. The minimum absolute atomic E-state index is 0.0596. The number of anilines is 6. The Kier molecular flexibility index (Phi) is 14.1. The summed E-state index contributed by atoms with van der Waals surface area (Å²) in [5.74, 6) is 0.509. The van der Waals surface area contributed by atoms with E-state index in [0.29, 0.717) is 0 Å². The van der Waals surface area contributed by atoms with Gasteiger partial charge in [0.2, 0.25) is 0 Å². The Balaban J connectivity index is 0.964. The average molecular weight is 1200 g/mol. The van der Waals surface area contributed by atoms with Gasteiger partial charge in [-0.15, -0.1) is 0 Å². The maximum absolute atomic E-state index is 2.69. The molecule has 0 aliphatic heterocycles. The summed E-state index contributed by atoms with van der Waals surface area (Å²) in [5, 5.41) is 13.0. The highest BCUT2D eigenvalue weighted by molar-refractivity contribution is 6.30. The Morgan fingerprint density at radius 3 is 1.16 bits per heavy atom. The molecule has 0 fully saturated rings. The standard InChI is InChI=1S/C88H86N4/c1-11-87(7,8)59-29-23-31-61(49-59)89-79-37-19-17-35-67(79)75-51-63(41-47-81(75)89)91(77-39-21-27-57-25-13-15-33-65(57)77)83-53-73(55(3)4)69-44-46-72-84(54-74(56(5)6)70-43-45-71(83)85(69)86(70)72)92(78-40-22-28-58-26-14-16-34-66(58)78)64-42-48-82-76(52-64)68-36-18-20-38-80(68)90(82)62-32-24-30-60(50-62)88(9,10)12-2/h17-24,27-32,35-56H,11-16,25-26,33-34H2,1-10H3. The SMILES string of the molecule is CCC(C)(C)c1cccc(-n2c3ccccc3c3cc(N(c4cccc5c4CCCC5)c4cc(C(C)C)c5ccc6c(N(c7ccc8c(c7)c7ccccc7n8-c7cccc(C(C)(C)CC)c7)c7cccc8c7CCCC8)cc(C(C)C)c7ccc4c5c76)ccc32)c1. The third-order valence-corrected chi connectivity index (χ3v) is 22.2. The van der Waals surface area contributed by atoms with E-state index >= 15 is 0 Å². The van der Waals surface area contributed by atoms with Gasteiger partial charge in [-0.05, 0) is 250 Å². The van der Waals surface area contributed by atoms with Crippen LogP contribution in [0, 0.1) is 0 Å². The normalized spacial score (nSPS) is 13.9. The third-order valence-electron chi connectivity index (χ3n) is 22.2. The summed E-state index contributed by atoms with van der Waals surface area (Å²) in [4.78, 5) is 5.38. The maximum Gasteiger partial charge on any atom is 0.0543 e. The smallest absolute Gasteiger partial charge is 0.0543 e. The molecule has 458 valence electrons. The molecule has 0 unspecified atom stereocenters. The number of rotatable bonds is 14. The van der Waals surface area contributed by atoms with Crippen LogP contribution in [0.15, 0.2) is 206 Å². The van der Waals surface area contributed by atoms with Crippen molar-refractivity contribution in [3.05, 3.63) is 251 Å². The van der Waals surface area contributed by atoms with Crippen LogP contribution >= 0.6 is 0 Å². The number of benzene rings is 12. The third kappa shape index (κ3) is 9.20. The zero-order valence-electron chi connectivity index (χ0n) is 55.6. The zero-order chi connectivity index (χ0) is 62.9. The van der Waals surface area contributed by atoms with Crippen LogP contribution in [0.3, 0.4) is 0 Å². The number of fused-ring (bicyclic) bond motifs is 8. The minimum Gasteiger partial charge on any atom is -0.310 e. The molecule has 2 heterocycles. The number of hydrogen-bond donors (Lipinski definition) is 0. The molecule has 12 aromatic carbocycles. The van der Waals surface area contributed by atoms with E-state index in [9.17, 15) is 0 Å². The Labute approximate surface area is 544 Å². The number of aromatic nitrogens is 2. The van der Waals surface area contributed by atoms with Crippen LogP contribution in [0.2, 0.25) is 0 Å². The van der Waals surface area contributed by atoms with Crippen molar-refractivity contribution in [1.82, 2.24) is 9.13 Å². The van der Waals surface area contributed by atoms with Crippen molar-refractivity contribution in [1.29, 1.82) is 0 Å². The lowest BCUT2D eigenvalue weighted by Gasteiger charge is -2.34. The van der Waals surface area contributed by atoms with Gasteiger partial charge in [0.05, 0.1) is 33.4 Å². The van der Waals surface area contributed by atoms with E-state index in [1.165, 1.54) is 192 Å². The lowest BCUT2D eigenvalue weighted by Crippen LogP contribution is -2.17. The molecule has 2 aliphatic carbocycles. The second-order valence-electron chi connectivity index (χ2n) is 28.9. The van der Waals surface area contributed by atoms with E-state index < -0.39 is 0 Å². The molecule has 14 aromatic rings. The summed E-state index contributed by atoms with van der Waals surface area (Å²) in [6, 6.07) is 81.0. The summed E-state index contributed by atoms with van der Waals surface area (Å²) in [6.45, 7) is 23.7. The average Bonchev–Trinajstić information content (AvgIpc) is 1.13. The van der Waals surface area contributed by atoms with Gasteiger partial charge in [0.15, 0.2) is 0 Å². The predicted octanol–water partition coefficient (Wildman–Crippen LogP) is 25.1. The van der Waals surface area contributed by atoms with E-state index in [-0.39, 0.29) is 22.7 Å². The topological polar surface area (TPSA) is 16.3 Å². The van der Waals surface area contributed by atoms with E-state index in [2.05, 4.69) is 294 Å². The van der Waals surface area contributed by atoms with Gasteiger partial charge in [-0.3, -0.25) is 0 Å². The zero-order valence-corrected chi connectivity index (χ0v) is 55.6. The van der Waals surface area contributed by atoms with Crippen LogP contribution in [-0.2, 0) is 36.5 Å². The van der Waals surface area contributed by atoms with Crippen molar-refractivity contribution >= 4 is 110 Å². The lowest BCUT2D eigenvalue weighted by molar-refractivity contribution is 0.506. The minimum atomic E-state index is 0.0596. The van der Waals surface area contributed by atoms with Gasteiger partial charge in [-0.25, -0.2) is 0 Å². The van der Waals surface area contributed by atoms with Gasteiger partial charge in [0.1, 0.15) is 0 Å². The molecule has 2 aliphatic rings. The summed E-state index contributed by atoms with van der Waals surface area (Å²) in [7, 11) is 0. The fourth-order valence-corrected chi connectivity index (χ4v) is 16.4. The van der Waals surface area contributed by atoms with Crippen molar-refractivity contribution < 1.29 is 0 Å². The largest absolute Gasteiger partial charge is 0.310 e. The first-order valence-electron chi connectivity index (χ1n) is 34.6. The van der Waals surface area contributed by atoms with Crippen LogP contribution in [0.5, 0.6) is 0 Å². The van der Waals surface area contributed by atoms with E-state index in [1.807, 2.05) is 0 Å². The van der Waals surface area contributed by atoms with Gasteiger partial charge in [0, 0.05) is 66.4 Å². The van der Waals surface area contributed by atoms with Crippen molar-refractivity contribution in [3.63, 3.8) is 0 Å². The second-order valence-corrected chi connectivity index (χ2v) is 28.9. The summed E-state index contributed by atoms with van der Waals surface area (Å²) in [5.41, 5.74) is 26.3. The summed E-state index contributed by atoms with van der Waals surface area (Å²) in [6.07, 6.45) is 11.3. The first-order chi connectivity index (χ1) is 44.7. The predicted molar refractivity (Wildman–Crippen MR) is 396 cm³/mol. The van der Waals surface area contributed by atoms with Crippen LogP contribution in [0.1, 0.15) is 164 Å². The molecule has 0 radical (unpaired) electrons. The molecule has 0 saturated heterocycles. The Bertz CT molecular complexity index is 4910. The van der Waals surface area contributed by atoms with Gasteiger partial charge < -0.3 is 18.9 Å². The van der Waals surface area contributed by atoms with E-state index in [0.717, 1.165) is 38.5 Å². The molecule has 0 N–H and O–H groups in total. The highest BCUT2D eigenvalue weighted by Crippen LogP contribution is 2.54. The molecule has 4 nitrogen and oxygen atoms in total. The van der Waals surface area contributed by atoms with E-state index in [4.69, 9.17) is 0 Å². The van der Waals surface area contributed by atoms with Crippen molar-refractivity contribution in [2.45, 2.75) is 156 Å². The van der Waals surface area contributed by atoms with Gasteiger partial charge in [-0.2, -0.15) is 0 Å². The Morgan fingerprint density at radius 2 is 0.739 bits per heavy atom. The lowest BCUT2D eigenvalue weighted by atomic mass is 9.82. The summed E-state index contributed by atoms with van der Waals surface area (Å²) >= 11 is 0. The summed E-state index contributed by atoms with van der Waals surface area (Å²) < 4.78 is 5.02. The Morgan fingerprint density at radius 1 is 0.348 bits per heavy atom. The molecule has 2 aromatic heterocycles. The van der Waals surface area contributed by atoms with Crippen LogP contribution < -0.4 is 9.80 Å². The van der Waals surface area contributed by atoms with E-state index in [1.54, 1.807) is 0 Å². The monoisotopic (exact) mass is 1200 g/mol. The fourth-order valence-electron chi connectivity index (χ4n) is 16.4. The van der Waals surface area contributed by atoms with Gasteiger partial charge >= 0.3 is 0 Å². The molecule has 92 heavy (non-hydrogen) atoms. The molecule has 0 bridgehead atoms. The molecule has 16 rings (SSSR count). The Hall–Kier alpha value is -9.12. The van der Waals surface area contributed by atoms with Crippen molar-refractivity contribution in [3.8, 4) is 11.4 Å². The highest BCUT2D eigenvalue weighted by atomic mass is 15.2. The molecule has 0 saturated carbocycles. The van der Waals surface area contributed by atoms with Gasteiger partial charge in [0.25, 0.3) is 0 Å². The highest BCUT2D eigenvalue weighted by Gasteiger charge is 2.31. The quantitative estimate of drug-likeness (QED) is 0.101. The second kappa shape index (κ2) is 22.3. The number of hydrogen-bond acceptors (Lipinski definition) is 2. The maximum atomic E-state index is 2.69. The molecule has 0 amide bonds. The van der Waals surface area contributed by atoms with Crippen LogP contribution in [0.25, 0.3) is 87.3 Å². The number of aryl methyl sites for hydroxylation is 2. The molecule has 0 atom stereocenters. The van der Waals surface area contributed by atoms with Crippen LogP contribution in [0.4, 0.5) is 34.1 Å². The molecule has 0 spiro atoms.